The van der Waals surface area contributed by atoms with Crippen LogP contribution in [0.5, 0.6) is 11.5 Å². The number of ether oxygens (including phenoxy) is 2. The Hall–Kier alpha value is -3.39. The molecule has 1 aliphatic heterocycles. The molecule has 0 spiro atoms. The van der Waals surface area contributed by atoms with Crippen molar-refractivity contribution in [1.29, 1.82) is 0 Å². The summed E-state index contributed by atoms with van der Waals surface area (Å²) >= 11 is 3.69. The topological polar surface area (TPSA) is 84.9 Å². The minimum absolute atomic E-state index is 0.0961. The van der Waals surface area contributed by atoms with E-state index in [4.69, 9.17) is 9.47 Å². The molecule has 0 saturated heterocycles. The molecule has 1 N–H and O–H groups in total. The van der Waals surface area contributed by atoms with E-state index in [1.54, 1.807) is 0 Å². The molecule has 8 heteroatoms. The Balaban J connectivity index is 1.58. The van der Waals surface area contributed by atoms with Crippen LogP contribution in [0.2, 0.25) is 0 Å². The van der Waals surface area contributed by atoms with Crippen molar-refractivity contribution < 1.29 is 23.9 Å². The van der Waals surface area contributed by atoms with E-state index >= 15 is 0 Å². The number of halogens is 1. The summed E-state index contributed by atoms with van der Waals surface area (Å²) in [6.07, 6.45) is 3.31. The second kappa shape index (κ2) is 12.8. The van der Waals surface area contributed by atoms with Crippen molar-refractivity contribution >= 4 is 39.1 Å². The van der Waals surface area contributed by atoms with E-state index in [2.05, 4.69) is 60.8 Å². The van der Waals surface area contributed by atoms with Crippen LogP contribution in [-0.4, -0.2) is 42.1 Å². The molecule has 0 aromatic heterocycles. The van der Waals surface area contributed by atoms with E-state index in [9.17, 15) is 14.4 Å². The Kier molecular flexibility index (Phi) is 9.37. The lowest BCUT2D eigenvalue weighted by molar-refractivity contribution is -0.120. The Morgan fingerprint density at radius 3 is 2.11 bits per heavy atom. The Morgan fingerprint density at radius 2 is 1.56 bits per heavy atom. The van der Waals surface area contributed by atoms with Gasteiger partial charge >= 0.3 is 0 Å². The van der Waals surface area contributed by atoms with Crippen LogP contribution in [0.15, 0.2) is 63.4 Å². The number of nitrogens with zero attached hydrogens (tertiary/aromatic N) is 1. The Morgan fingerprint density at radius 1 is 0.933 bits per heavy atom. The molecule has 1 heterocycles. The summed E-state index contributed by atoms with van der Waals surface area (Å²) < 4.78 is 12.7. The second-order valence-corrected chi connectivity index (χ2v) is 15.0. The number of ketones is 2. The zero-order valence-electron chi connectivity index (χ0n) is 27.6. The van der Waals surface area contributed by atoms with Gasteiger partial charge in [-0.15, -0.1) is 0 Å². The van der Waals surface area contributed by atoms with Gasteiger partial charge in [-0.05, 0) is 95.3 Å². The molecular weight excluding hydrogens is 632 g/mol. The zero-order chi connectivity index (χ0) is 32.7. The van der Waals surface area contributed by atoms with Crippen molar-refractivity contribution in [2.75, 3.05) is 25.1 Å². The molecule has 2 aliphatic carbocycles. The summed E-state index contributed by atoms with van der Waals surface area (Å²) in [6.45, 7) is 15.5. The molecule has 5 rings (SSSR count). The number of aryl methyl sites for hydroxylation is 1. The van der Waals surface area contributed by atoms with Gasteiger partial charge in [-0.3, -0.25) is 14.4 Å². The van der Waals surface area contributed by atoms with Gasteiger partial charge in [0, 0.05) is 53.5 Å². The summed E-state index contributed by atoms with van der Waals surface area (Å²) in [5, 5.41) is 2.87. The maximum atomic E-state index is 14.1. The normalized spacial score (nSPS) is 19.3. The second-order valence-electron chi connectivity index (χ2n) is 14.2. The number of carbonyl (C=O) groups excluding carboxylic acids is 3. The van der Waals surface area contributed by atoms with Gasteiger partial charge in [0.2, 0.25) is 0 Å². The first-order valence-electron chi connectivity index (χ1n) is 16.0. The van der Waals surface area contributed by atoms with Gasteiger partial charge < -0.3 is 19.7 Å². The highest BCUT2D eigenvalue weighted by molar-refractivity contribution is 9.10. The average Bonchev–Trinajstić information content (AvgIpc) is 2.92. The van der Waals surface area contributed by atoms with Crippen LogP contribution >= 0.6 is 15.9 Å². The molecule has 2 aromatic rings. The number of hydrogen-bond acceptors (Lipinski definition) is 6. The predicted molar refractivity (Wildman–Crippen MR) is 180 cm³/mol. The van der Waals surface area contributed by atoms with Crippen molar-refractivity contribution in [2.24, 2.45) is 10.8 Å². The number of nitrogens with one attached hydrogen (secondary N) is 1. The number of anilines is 1. The maximum absolute atomic E-state index is 14.1. The molecule has 1 amide bonds. The summed E-state index contributed by atoms with van der Waals surface area (Å²) in [7, 11) is 0. The molecule has 0 radical (unpaired) electrons. The fourth-order valence-electron chi connectivity index (χ4n) is 7.09. The lowest BCUT2D eigenvalue weighted by Gasteiger charge is -2.49. The summed E-state index contributed by atoms with van der Waals surface area (Å²) in [4.78, 5) is 43.2. The van der Waals surface area contributed by atoms with Gasteiger partial charge in [-0.25, -0.2) is 0 Å². The first-order valence-corrected chi connectivity index (χ1v) is 16.8. The SMILES string of the molecule is CCCN1C2=C(C(=O)CC(C)(C)C2)C(c2cc(Br)c(OCC(=O)Nc3cccc(C)c3)c(OCC)c2)C2=C1CC(C)(C)CC2=O. The van der Waals surface area contributed by atoms with Crippen molar-refractivity contribution in [2.45, 2.75) is 86.5 Å². The van der Waals surface area contributed by atoms with Crippen molar-refractivity contribution in [3.8, 4) is 11.5 Å². The standard InChI is InChI=1S/C37H45BrN2O5/c1-8-13-40-26-17-36(4,5)19-28(41)33(26)32(34-27(40)18-37(6,7)20-29(34)42)23-15-25(38)35(30(16-23)44-9-2)45-21-31(43)39-24-12-10-11-22(3)14-24/h10-12,14-16,32H,8-9,13,17-21H2,1-7H3,(H,39,43). The fourth-order valence-corrected chi connectivity index (χ4v) is 7.66. The number of benzene rings is 2. The molecule has 3 aliphatic rings. The molecule has 0 fully saturated rings. The zero-order valence-corrected chi connectivity index (χ0v) is 29.2. The van der Waals surface area contributed by atoms with Crippen molar-refractivity contribution in [3.05, 3.63) is 74.5 Å². The molecule has 0 atom stereocenters. The largest absolute Gasteiger partial charge is 0.490 e. The minimum Gasteiger partial charge on any atom is -0.490 e. The van der Waals surface area contributed by atoms with E-state index in [0.717, 1.165) is 59.5 Å². The highest BCUT2D eigenvalue weighted by Gasteiger charge is 2.49. The third kappa shape index (κ3) is 6.91. The van der Waals surface area contributed by atoms with Crippen molar-refractivity contribution in [3.63, 3.8) is 0 Å². The van der Waals surface area contributed by atoms with Crippen LogP contribution in [0.3, 0.4) is 0 Å². The minimum atomic E-state index is -0.496. The van der Waals surface area contributed by atoms with Gasteiger partial charge in [0.25, 0.3) is 5.91 Å². The number of amides is 1. The van der Waals surface area contributed by atoms with Crippen LogP contribution in [0.1, 0.15) is 90.7 Å². The quantitative estimate of drug-likeness (QED) is 0.288. The highest BCUT2D eigenvalue weighted by atomic mass is 79.9. The molecule has 7 nitrogen and oxygen atoms in total. The smallest absolute Gasteiger partial charge is 0.262 e. The lowest BCUT2D eigenvalue weighted by atomic mass is 9.63. The Labute approximate surface area is 275 Å². The molecule has 0 saturated carbocycles. The molecule has 0 bridgehead atoms. The maximum Gasteiger partial charge on any atom is 0.262 e. The molecule has 240 valence electrons. The van der Waals surface area contributed by atoms with E-state index in [0.29, 0.717) is 41.1 Å². The fraction of sp³-hybridized carbons (Fsp3) is 0.486. The van der Waals surface area contributed by atoms with E-state index < -0.39 is 5.92 Å². The monoisotopic (exact) mass is 676 g/mol. The van der Waals surface area contributed by atoms with Crippen LogP contribution in [0, 0.1) is 17.8 Å². The van der Waals surface area contributed by atoms with Gasteiger partial charge in [0.15, 0.2) is 29.7 Å². The van der Waals surface area contributed by atoms with Crippen LogP contribution in [0.25, 0.3) is 0 Å². The van der Waals surface area contributed by atoms with E-state index in [1.165, 1.54) is 0 Å². The summed E-state index contributed by atoms with van der Waals surface area (Å²) in [6, 6.07) is 11.4. The van der Waals surface area contributed by atoms with Crippen molar-refractivity contribution in [1.82, 2.24) is 4.90 Å². The first kappa shape index (κ1) is 33.0. The first-order chi connectivity index (χ1) is 21.2. The van der Waals surface area contributed by atoms with Crippen LogP contribution < -0.4 is 14.8 Å². The molecule has 0 unspecified atom stereocenters. The average molecular weight is 678 g/mol. The Bertz CT molecular complexity index is 1550. The summed E-state index contributed by atoms with van der Waals surface area (Å²) in [5.74, 6) is 0.261. The van der Waals surface area contributed by atoms with E-state index in [1.807, 2.05) is 50.2 Å². The van der Waals surface area contributed by atoms with E-state index in [-0.39, 0.29) is 34.9 Å². The lowest BCUT2D eigenvalue weighted by Crippen LogP contribution is -2.44. The number of allylic oxidation sites excluding steroid dienone is 4. The number of carbonyl (C=O) groups is 3. The molecule has 2 aromatic carbocycles. The summed E-state index contributed by atoms with van der Waals surface area (Å²) in [5.41, 5.74) is 5.77. The number of hydrogen-bond donors (Lipinski definition) is 1. The van der Waals surface area contributed by atoms with Gasteiger partial charge in [-0.2, -0.15) is 0 Å². The highest BCUT2D eigenvalue weighted by Crippen LogP contribution is 2.55. The van der Waals surface area contributed by atoms with Gasteiger partial charge in [0.05, 0.1) is 11.1 Å². The number of rotatable bonds is 9. The third-order valence-electron chi connectivity index (χ3n) is 8.78. The predicted octanol–water partition coefficient (Wildman–Crippen LogP) is 8.27. The van der Waals surface area contributed by atoms with Gasteiger partial charge in [0.1, 0.15) is 0 Å². The number of Topliss-reactive ketones (excluding diaryl/α,β-unsaturated/α-hetero) is 2. The molecule has 45 heavy (non-hydrogen) atoms. The third-order valence-corrected chi connectivity index (χ3v) is 9.37. The van der Waals surface area contributed by atoms with Gasteiger partial charge in [-0.1, -0.05) is 46.8 Å². The van der Waals surface area contributed by atoms with Crippen LogP contribution in [0.4, 0.5) is 5.69 Å². The van der Waals surface area contributed by atoms with Crippen LogP contribution in [-0.2, 0) is 14.4 Å². The molecular formula is C37H45BrN2O5.